The minimum atomic E-state index is 0.608. The van der Waals surface area contributed by atoms with Crippen LogP contribution in [0.3, 0.4) is 0 Å². The molecular weight excluding hydrogens is 328 g/mol. The van der Waals surface area contributed by atoms with Crippen LogP contribution in [0.25, 0.3) is 0 Å². The Morgan fingerprint density at radius 3 is 2.84 bits per heavy atom. The SMILES string of the molecule is COc1cc(C)nc(CNc2cc(Cl)ccc2Br)c1. The zero-order chi connectivity index (χ0) is 13.8. The summed E-state index contributed by atoms with van der Waals surface area (Å²) in [6, 6.07) is 9.44. The average Bonchev–Trinajstić information content (AvgIpc) is 2.39. The molecule has 1 aromatic carbocycles. The van der Waals surface area contributed by atoms with Crippen molar-refractivity contribution in [3.63, 3.8) is 0 Å². The Hall–Kier alpha value is -1.26. The van der Waals surface area contributed by atoms with Crippen molar-refractivity contribution in [1.82, 2.24) is 4.98 Å². The first kappa shape index (κ1) is 14.2. The highest BCUT2D eigenvalue weighted by Gasteiger charge is 2.03. The maximum Gasteiger partial charge on any atom is 0.122 e. The fraction of sp³-hybridized carbons (Fsp3) is 0.214. The first-order valence-electron chi connectivity index (χ1n) is 5.79. The van der Waals surface area contributed by atoms with Gasteiger partial charge in [-0.1, -0.05) is 11.6 Å². The smallest absolute Gasteiger partial charge is 0.122 e. The van der Waals surface area contributed by atoms with Crippen molar-refractivity contribution in [1.29, 1.82) is 0 Å². The zero-order valence-corrected chi connectivity index (χ0v) is 13.0. The maximum absolute atomic E-state index is 5.98. The number of hydrogen-bond donors (Lipinski definition) is 1. The van der Waals surface area contributed by atoms with E-state index < -0.39 is 0 Å². The summed E-state index contributed by atoms with van der Waals surface area (Å²) in [5.41, 5.74) is 2.79. The van der Waals surface area contributed by atoms with E-state index in [1.165, 1.54) is 0 Å². The van der Waals surface area contributed by atoms with Crippen LogP contribution in [0.5, 0.6) is 5.75 Å². The van der Waals surface area contributed by atoms with Gasteiger partial charge in [-0.15, -0.1) is 0 Å². The van der Waals surface area contributed by atoms with Crippen molar-refractivity contribution in [2.45, 2.75) is 13.5 Å². The molecule has 1 N–H and O–H groups in total. The van der Waals surface area contributed by atoms with Gasteiger partial charge < -0.3 is 10.1 Å². The number of anilines is 1. The number of nitrogens with one attached hydrogen (secondary N) is 1. The highest BCUT2D eigenvalue weighted by molar-refractivity contribution is 9.10. The second-order valence-electron chi connectivity index (χ2n) is 4.12. The summed E-state index contributed by atoms with van der Waals surface area (Å²) in [6.45, 7) is 2.55. The molecule has 0 aliphatic rings. The molecule has 0 unspecified atom stereocenters. The van der Waals surface area contributed by atoms with E-state index in [1.807, 2.05) is 37.3 Å². The van der Waals surface area contributed by atoms with Gasteiger partial charge in [-0.05, 0) is 41.1 Å². The molecule has 1 heterocycles. The van der Waals surface area contributed by atoms with Crippen LogP contribution in [0.4, 0.5) is 5.69 Å². The molecule has 0 saturated heterocycles. The van der Waals surface area contributed by atoms with Crippen LogP contribution in [-0.4, -0.2) is 12.1 Å². The second-order valence-corrected chi connectivity index (χ2v) is 5.41. The molecule has 0 atom stereocenters. The van der Waals surface area contributed by atoms with E-state index in [0.29, 0.717) is 11.6 Å². The predicted octanol–water partition coefficient (Wildman–Crippen LogP) is 4.43. The molecule has 5 heteroatoms. The van der Waals surface area contributed by atoms with Gasteiger partial charge in [0.15, 0.2) is 0 Å². The van der Waals surface area contributed by atoms with Crippen LogP contribution in [0, 0.1) is 6.92 Å². The molecule has 19 heavy (non-hydrogen) atoms. The van der Waals surface area contributed by atoms with Crippen molar-refractivity contribution in [3.05, 3.63) is 51.2 Å². The van der Waals surface area contributed by atoms with Crippen molar-refractivity contribution >= 4 is 33.2 Å². The first-order chi connectivity index (χ1) is 9.08. The highest BCUT2D eigenvalue weighted by atomic mass is 79.9. The lowest BCUT2D eigenvalue weighted by Gasteiger charge is -2.10. The van der Waals surface area contributed by atoms with Gasteiger partial charge in [0.2, 0.25) is 0 Å². The van der Waals surface area contributed by atoms with Crippen molar-refractivity contribution < 1.29 is 4.74 Å². The number of ether oxygens (including phenoxy) is 1. The van der Waals surface area contributed by atoms with Crippen LogP contribution in [0.2, 0.25) is 5.02 Å². The Morgan fingerprint density at radius 2 is 2.11 bits per heavy atom. The number of aryl methyl sites for hydroxylation is 1. The number of pyridine rings is 1. The molecule has 3 nitrogen and oxygen atoms in total. The monoisotopic (exact) mass is 340 g/mol. The maximum atomic E-state index is 5.98. The van der Waals surface area contributed by atoms with Gasteiger partial charge in [0, 0.05) is 27.3 Å². The van der Waals surface area contributed by atoms with Crippen LogP contribution >= 0.6 is 27.5 Å². The number of methoxy groups -OCH3 is 1. The zero-order valence-electron chi connectivity index (χ0n) is 10.7. The summed E-state index contributed by atoms with van der Waals surface area (Å²) in [5.74, 6) is 0.814. The van der Waals surface area contributed by atoms with E-state index >= 15 is 0 Å². The summed E-state index contributed by atoms with van der Waals surface area (Å²) < 4.78 is 6.20. The summed E-state index contributed by atoms with van der Waals surface area (Å²) in [4.78, 5) is 4.46. The fourth-order valence-corrected chi connectivity index (χ4v) is 2.29. The van der Waals surface area contributed by atoms with E-state index in [-0.39, 0.29) is 0 Å². The molecule has 2 aromatic rings. The van der Waals surface area contributed by atoms with E-state index in [4.69, 9.17) is 16.3 Å². The Balaban J connectivity index is 2.14. The quantitative estimate of drug-likeness (QED) is 0.893. The molecule has 0 saturated carbocycles. The molecule has 0 amide bonds. The number of halogens is 2. The highest BCUT2D eigenvalue weighted by Crippen LogP contribution is 2.26. The lowest BCUT2D eigenvalue weighted by Crippen LogP contribution is -2.03. The van der Waals surface area contributed by atoms with Crippen molar-refractivity contribution in [2.24, 2.45) is 0 Å². The first-order valence-corrected chi connectivity index (χ1v) is 6.96. The number of nitrogens with zero attached hydrogens (tertiary/aromatic N) is 1. The Bertz CT molecular complexity index is 590. The van der Waals surface area contributed by atoms with Crippen LogP contribution in [-0.2, 0) is 6.54 Å². The lowest BCUT2D eigenvalue weighted by atomic mass is 10.2. The van der Waals surface area contributed by atoms with Gasteiger partial charge >= 0.3 is 0 Å². The molecule has 0 fully saturated rings. The third-order valence-electron chi connectivity index (χ3n) is 2.60. The molecule has 0 aliphatic carbocycles. The third kappa shape index (κ3) is 3.85. The summed E-state index contributed by atoms with van der Waals surface area (Å²) in [7, 11) is 1.65. The number of rotatable bonds is 4. The van der Waals surface area contributed by atoms with Crippen molar-refractivity contribution in [3.8, 4) is 5.75 Å². The fourth-order valence-electron chi connectivity index (χ4n) is 1.73. The standard InChI is InChI=1S/C14H14BrClN2O/c1-9-5-12(19-2)7-11(18-9)8-17-14-6-10(16)3-4-13(14)15/h3-7,17H,8H2,1-2H3. The van der Waals surface area contributed by atoms with Crippen molar-refractivity contribution in [2.75, 3.05) is 12.4 Å². The van der Waals surface area contributed by atoms with Gasteiger partial charge in [0.05, 0.1) is 25.0 Å². The largest absolute Gasteiger partial charge is 0.497 e. The van der Waals surface area contributed by atoms with Gasteiger partial charge in [-0.2, -0.15) is 0 Å². The molecule has 0 radical (unpaired) electrons. The number of hydrogen-bond acceptors (Lipinski definition) is 3. The van der Waals surface area contributed by atoms with Crippen LogP contribution < -0.4 is 10.1 Å². The summed E-state index contributed by atoms with van der Waals surface area (Å²) in [6.07, 6.45) is 0. The Kier molecular flexibility index (Phi) is 4.66. The predicted molar refractivity (Wildman–Crippen MR) is 82.0 cm³/mol. The van der Waals surface area contributed by atoms with E-state index in [2.05, 4.69) is 26.2 Å². The minimum absolute atomic E-state index is 0.608. The molecule has 2 rings (SSSR count). The van der Waals surface area contributed by atoms with E-state index in [0.717, 1.165) is 27.3 Å². The summed E-state index contributed by atoms with van der Waals surface area (Å²) >= 11 is 9.46. The lowest BCUT2D eigenvalue weighted by molar-refractivity contribution is 0.413. The van der Waals surface area contributed by atoms with Crippen LogP contribution in [0.15, 0.2) is 34.8 Å². The topological polar surface area (TPSA) is 34.1 Å². The molecule has 0 spiro atoms. The van der Waals surface area contributed by atoms with Crippen LogP contribution in [0.1, 0.15) is 11.4 Å². The van der Waals surface area contributed by atoms with E-state index in [1.54, 1.807) is 7.11 Å². The molecule has 0 bridgehead atoms. The molecular formula is C14H14BrClN2O. The minimum Gasteiger partial charge on any atom is -0.497 e. The van der Waals surface area contributed by atoms with Gasteiger partial charge in [-0.3, -0.25) is 4.98 Å². The van der Waals surface area contributed by atoms with Gasteiger partial charge in [-0.25, -0.2) is 0 Å². The van der Waals surface area contributed by atoms with Gasteiger partial charge in [0.1, 0.15) is 5.75 Å². The molecule has 100 valence electrons. The number of benzene rings is 1. The average molecular weight is 342 g/mol. The summed E-state index contributed by atoms with van der Waals surface area (Å²) in [5, 5.41) is 3.99. The molecule has 1 aromatic heterocycles. The van der Waals surface area contributed by atoms with E-state index in [9.17, 15) is 0 Å². The Labute approximate surface area is 126 Å². The number of aromatic nitrogens is 1. The Morgan fingerprint density at radius 1 is 1.32 bits per heavy atom. The normalized spacial score (nSPS) is 10.3. The third-order valence-corrected chi connectivity index (χ3v) is 3.53. The molecule has 0 aliphatic heterocycles. The van der Waals surface area contributed by atoms with Gasteiger partial charge in [0.25, 0.3) is 0 Å². The second kappa shape index (κ2) is 6.26.